The van der Waals surface area contributed by atoms with Crippen LogP contribution in [0.2, 0.25) is 0 Å². The Morgan fingerprint density at radius 3 is 2.31 bits per heavy atom. The Morgan fingerprint density at radius 1 is 1.17 bits per heavy atom. The molecule has 0 saturated carbocycles. The maximum atomic E-state index is 12.2. The molecule has 0 aromatic rings. The van der Waals surface area contributed by atoms with E-state index in [1.54, 1.807) is 6.92 Å². The van der Waals surface area contributed by atoms with Crippen molar-refractivity contribution >= 4 is 28.1 Å². The van der Waals surface area contributed by atoms with Crippen LogP contribution in [-0.4, -0.2) is 70.0 Å². The minimum Gasteiger partial charge on any atom is -0.438 e. The Balaban J connectivity index is 4.74. The van der Waals surface area contributed by atoms with Crippen LogP contribution >= 0.6 is 0 Å². The number of amides is 1. The van der Waals surface area contributed by atoms with Crippen molar-refractivity contribution in [3.05, 3.63) is 0 Å². The zero-order valence-corrected chi connectivity index (χ0v) is 18.2. The molecule has 0 aliphatic rings. The summed E-state index contributed by atoms with van der Waals surface area (Å²) in [6.07, 6.45) is -3.17. The monoisotopic (exact) mass is 441 g/mol. The highest BCUT2D eigenvalue weighted by Crippen LogP contribution is 2.24. The fourth-order valence-electron chi connectivity index (χ4n) is 1.94. The van der Waals surface area contributed by atoms with Gasteiger partial charge in [-0.05, 0) is 12.8 Å². The molecule has 0 heterocycles. The van der Waals surface area contributed by atoms with E-state index in [1.165, 1.54) is 20.8 Å². The average Bonchev–Trinajstić information content (AvgIpc) is 2.63. The predicted octanol–water partition coefficient (Wildman–Crippen LogP) is 0.699. The summed E-state index contributed by atoms with van der Waals surface area (Å²) in [7, 11) is -2.83. The summed E-state index contributed by atoms with van der Waals surface area (Å²) < 4.78 is 42.9. The van der Waals surface area contributed by atoms with E-state index >= 15 is 0 Å². The molecule has 170 valence electrons. The SMILES string of the molecule is CCCC(OC(=O)OC)OC(=O)[C@H](O)C(C)(C)COS(=O)(=O)CCCNC(C)=O. The molecule has 1 unspecified atom stereocenters. The molecule has 0 aliphatic carbocycles. The molecule has 2 atom stereocenters. The highest BCUT2D eigenvalue weighted by molar-refractivity contribution is 7.86. The number of hydrogen-bond donors (Lipinski definition) is 2. The second-order valence-electron chi connectivity index (χ2n) is 6.98. The number of methoxy groups -OCH3 is 1. The van der Waals surface area contributed by atoms with Crippen LogP contribution in [0.25, 0.3) is 0 Å². The van der Waals surface area contributed by atoms with Gasteiger partial charge in [0.15, 0.2) is 6.10 Å². The topological polar surface area (TPSA) is 155 Å². The molecule has 0 saturated heterocycles. The summed E-state index contributed by atoms with van der Waals surface area (Å²) >= 11 is 0. The van der Waals surface area contributed by atoms with Crippen molar-refractivity contribution in [1.29, 1.82) is 0 Å². The molecule has 0 rings (SSSR count). The van der Waals surface area contributed by atoms with Gasteiger partial charge in [0.1, 0.15) is 0 Å². The van der Waals surface area contributed by atoms with Gasteiger partial charge in [0.2, 0.25) is 5.91 Å². The van der Waals surface area contributed by atoms with E-state index in [0.29, 0.717) is 6.42 Å². The third-order valence-corrected chi connectivity index (χ3v) is 4.95. The van der Waals surface area contributed by atoms with Crippen LogP contribution in [0.1, 0.15) is 47.0 Å². The number of esters is 1. The second kappa shape index (κ2) is 12.6. The van der Waals surface area contributed by atoms with Crippen LogP contribution in [-0.2, 0) is 38.1 Å². The molecular formula is C17H31NO10S. The summed E-state index contributed by atoms with van der Waals surface area (Å²) in [4.78, 5) is 34.1. The van der Waals surface area contributed by atoms with E-state index in [-0.39, 0.29) is 31.0 Å². The average molecular weight is 441 g/mol. The fraction of sp³-hybridized carbons (Fsp3) is 0.824. The molecular weight excluding hydrogens is 410 g/mol. The van der Waals surface area contributed by atoms with Gasteiger partial charge in [0.05, 0.1) is 19.5 Å². The lowest BCUT2D eigenvalue weighted by Crippen LogP contribution is -2.43. The lowest BCUT2D eigenvalue weighted by Gasteiger charge is -2.29. The van der Waals surface area contributed by atoms with Gasteiger partial charge in [-0.3, -0.25) is 8.98 Å². The number of rotatable bonds is 13. The number of carbonyl (C=O) groups excluding carboxylic acids is 3. The van der Waals surface area contributed by atoms with E-state index < -0.39 is 46.7 Å². The smallest absolute Gasteiger partial charge is 0.438 e. The van der Waals surface area contributed by atoms with E-state index in [0.717, 1.165) is 7.11 Å². The molecule has 0 radical (unpaired) electrons. The molecule has 0 aliphatic heterocycles. The van der Waals surface area contributed by atoms with Crippen molar-refractivity contribution in [3.63, 3.8) is 0 Å². The van der Waals surface area contributed by atoms with Crippen LogP contribution in [0.3, 0.4) is 0 Å². The van der Waals surface area contributed by atoms with Gasteiger partial charge >= 0.3 is 12.1 Å². The Hall–Kier alpha value is -1.92. The van der Waals surface area contributed by atoms with Gasteiger partial charge in [0.25, 0.3) is 16.4 Å². The maximum Gasteiger partial charge on any atom is 0.511 e. The highest BCUT2D eigenvalue weighted by atomic mass is 32.2. The molecule has 12 heteroatoms. The van der Waals surface area contributed by atoms with Crippen molar-refractivity contribution < 1.29 is 46.3 Å². The second-order valence-corrected chi connectivity index (χ2v) is 8.74. The third kappa shape index (κ3) is 11.6. The van der Waals surface area contributed by atoms with Crippen LogP contribution in [0, 0.1) is 5.41 Å². The Kier molecular flexibility index (Phi) is 11.8. The number of ether oxygens (including phenoxy) is 3. The van der Waals surface area contributed by atoms with Gasteiger partial charge in [-0.2, -0.15) is 8.42 Å². The van der Waals surface area contributed by atoms with Crippen LogP contribution in [0.4, 0.5) is 4.79 Å². The number of hydrogen-bond acceptors (Lipinski definition) is 10. The van der Waals surface area contributed by atoms with Gasteiger partial charge < -0.3 is 24.6 Å². The van der Waals surface area contributed by atoms with E-state index in [2.05, 4.69) is 10.1 Å². The molecule has 29 heavy (non-hydrogen) atoms. The van der Waals surface area contributed by atoms with Crippen molar-refractivity contribution in [1.82, 2.24) is 5.32 Å². The number of nitrogens with one attached hydrogen (secondary N) is 1. The zero-order chi connectivity index (χ0) is 22.7. The zero-order valence-electron chi connectivity index (χ0n) is 17.4. The van der Waals surface area contributed by atoms with Crippen molar-refractivity contribution in [2.75, 3.05) is 26.0 Å². The summed E-state index contributed by atoms with van der Waals surface area (Å²) in [6.45, 7) is 5.61. The quantitative estimate of drug-likeness (QED) is 0.181. The molecule has 2 N–H and O–H groups in total. The highest BCUT2D eigenvalue weighted by Gasteiger charge is 2.38. The predicted molar refractivity (Wildman–Crippen MR) is 101 cm³/mol. The van der Waals surface area contributed by atoms with E-state index in [1.807, 2.05) is 0 Å². The summed E-state index contributed by atoms with van der Waals surface area (Å²) in [5.74, 6) is -1.71. The summed E-state index contributed by atoms with van der Waals surface area (Å²) in [6, 6.07) is 0. The van der Waals surface area contributed by atoms with E-state index in [4.69, 9.17) is 13.7 Å². The maximum absolute atomic E-state index is 12.2. The summed E-state index contributed by atoms with van der Waals surface area (Å²) in [5, 5.41) is 12.7. The summed E-state index contributed by atoms with van der Waals surface area (Å²) in [5.41, 5.74) is -1.32. The molecule has 1 amide bonds. The lowest BCUT2D eigenvalue weighted by molar-refractivity contribution is -0.188. The fourth-order valence-corrected chi connectivity index (χ4v) is 3.04. The first-order chi connectivity index (χ1) is 13.3. The molecule has 0 fully saturated rings. The minimum absolute atomic E-state index is 0.149. The molecule has 0 spiro atoms. The first-order valence-electron chi connectivity index (χ1n) is 9.09. The standard InChI is InChI=1S/C17H31NO10S/c1-6-8-13(28-16(22)25-5)27-15(21)14(20)17(3,4)11-26-29(23,24)10-7-9-18-12(2)19/h13-14,20H,6-11H2,1-5H3,(H,18,19)/t13?,14-/m0/s1. The molecule has 11 nitrogen and oxygen atoms in total. The van der Waals surface area contributed by atoms with Gasteiger partial charge in [-0.25, -0.2) is 9.59 Å². The molecule has 0 aromatic carbocycles. The Labute approximate surface area is 171 Å². The van der Waals surface area contributed by atoms with Crippen LogP contribution in [0.5, 0.6) is 0 Å². The van der Waals surface area contributed by atoms with Crippen LogP contribution < -0.4 is 5.32 Å². The first-order valence-corrected chi connectivity index (χ1v) is 10.7. The lowest BCUT2D eigenvalue weighted by atomic mass is 9.87. The minimum atomic E-state index is -3.92. The Morgan fingerprint density at radius 2 is 1.79 bits per heavy atom. The van der Waals surface area contributed by atoms with E-state index in [9.17, 15) is 27.9 Å². The number of carbonyl (C=O) groups is 3. The van der Waals surface area contributed by atoms with Crippen molar-refractivity contribution in [2.24, 2.45) is 5.41 Å². The first kappa shape index (κ1) is 27.1. The third-order valence-electron chi connectivity index (χ3n) is 3.69. The molecule has 0 aromatic heterocycles. The van der Waals surface area contributed by atoms with Gasteiger partial charge in [-0.15, -0.1) is 0 Å². The van der Waals surface area contributed by atoms with Gasteiger partial charge in [-0.1, -0.05) is 20.8 Å². The number of aliphatic hydroxyl groups is 1. The van der Waals surface area contributed by atoms with Gasteiger partial charge in [0, 0.05) is 25.3 Å². The van der Waals surface area contributed by atoms with Crippen molar-refractivity contribution in [2.45, 2.75) is 59.4 Å². The number of aliphatic hydroxyl groups excluding tert-OH is 1. The largest absolute Gasteiger partial charge is 0.511 e. The van der Waals surface area contributed by atoms with Crippen LogP contribution in [0.15, 0.2) is 0 Å². The normalized spacial score (nSPS) is 13.9. The van der Waals surface area contributed by atoms with Crippen molar-refractivity contribution in [3.8, 4) is 0 Å². The Bertz CT molecular complexity index is 647. The molecule has 0 bridgehead atoms.